The number of sulfonamides is 1. The minimum atomic E-state index is -3.17. The van der Waals surface area contributed by atoms with E-state index in [0.29, 0.717) is 18.9 Å². The van der Waals surface area contributed by atoms with Crippen molar-refractivity contribution in [3.8, 4) is 0 Å². The highest BCUT2D eigenvalue weighted by molar-refractivity contribution is 7.89. The Hall–Kier alpha value is -0.910. The fourth-order valence-corrected chi connectivity index (χ4v) is 3.12. The van der Waals surface area contributed by atoms with Crippen LogP contribution in [0.1, 0.15) is 50.7 Å². The van der Waals surface area contributed by atoms with Crippen LogP contribution in [-0.2, 0) is 16.6 Å². The van der Waals surface area contributed by atoms with Crippen LogP contribution >= 0.6 is 0 Å². The molecule has 5 heteroatoms. The molecule has 21 heavy (non-hydrogen) atoms. The quantitative estimate of drug-likeness (QED) is 0.653. The van der Waals surface area contributed by atoms with E-state index in [9.17, 15) is 8.42 Å². The largest absolute Gasteiger partial charge is 0.317 e. The molecule has 0 saturated carbocycles. The van der Waals surface area contributed by atoms with Crippen molar-refractivity contribution < 1.29 is 8.42 Å². The second kappa shape index (κ2) is 9.18. The van der Waals surface area contributed by atoms with Gasteiger partial charge in [0.15, 0.2) is 0 Å². The van der Waals surface area contributed by atoms with Gasteiger partial charge in [-0.3, -0.25) is 0 Å². The first-order valence-electron chi connectivity index (χ1n) is 7.71. The summed E-state index contributed by atoms with van der Waals surface area (Å²) in [6.45, 7) is 8.51. The van der Waals surface area contributed by atoms with Crippen molar-refractivity contribution in [2.45, 2.75) is 46.1 Å². The van der Waals surface area contributed by atoms with Crippen LogP contribution < -0.4 is 10.0 Å². The highest BCUT2D eigenvalue weighted by atomic mass is 32.2. The summed E-state index contributed by atoms with van der Waals surface area (Å²) in [5.41, 5.74) is 2.26. The molecule has 2 N–H and O–H groups in total. The van der Waals surface area contributed by atoms with Crippen LogP contribution in [0, 0.1) is 0 Å². The number of unbranched alkanes of at least 4 members (excludes halogenated alkanes) is 1. The Morgan fingerprint density at radius 3 is 2.33 bits per heavy atom. The molecular weight excluding hydrogens is 284 g/mol. The standard InChI is InChI=1S/C16H28N2O2S/c1-4-17-11-5-6-12-21(19,20)18-13-15-7-9-16(10-8-15)14(2)3/h7-10,14,17-18H,4-6,11-13H2,1-3H3. The summed E-state index contributed by atoms with van der Waals surface area (Å²) >= 11 is 0. The van der Waals surface area contributed by atoms with E-state index in [-0.39, 0.29) is 5.75 Å². The van der Waals surface area contributed by atoms with Gasteiger partial charge in [-0.15, -0.1) is 0 Å². The van der Waals surface area contributed by atoms with Crippen molar-refractivity contribution in [1.29, 1.82) is 0 Å². The lowest BCUT2D eigenvalue weighted by Crippen LogP contribution is -2.26. The zero-order valence-electron chi connectivity index (χ0n) is 13.4. The van der Waals surface area contributed by atoms with Gasteiger partial charge in [0.25, 0.3) is 0 Å². The normalized spacial score (nSPS) is 12.0. The molecule has 1 rings (SSSR count). The molecule has 0 aliphatic heterocycles. The van der Waals surface area contributed by atoms with E-state index in [4.69, 9.17) is 0 Å². The van der Waals surface area contributed by atoms with Crippen LogP contribution in [0.4, 0.5) is 0 Å². The molecule has 0 saturated heterocycles. The lowest BCUT2D eigenvalue weighted by molar-refractivity contribution is 0.574. The second-order valence-corrected chi connectivity index (χ2v) is 7.52. The van der Waals surface area contributed by atoms with Gasteiger partial charge in [-0.1, -0.05) is 45.0 Å². The number of hydrogen-bond donors (Lipinski definition) is 2. The van der Waals surface area contributed by atoms with E-state index in [1.165, 1.54) is 5.56 Å². The van der Waals surface area contributed by atoms with Crippen LogP contribution in [0.2, 0.25) is 0 Å². The van der Waals surface area contributed by atoms with Gasteiger partial charge in [0.2, 0.25) is 10.0 Å². The number of rotatable bonds is 10. The lowest BCUT2D eigenvalue weighted by Gasteiger charge is -2.09. The maximum Gasteiger partial charge on any atom is 0.211 e. The lowest BCUT2D eigenvalue weighted by atomic mass is 10.0. The van der Waals surface area contributed by atoms with Crippen molar-refractivity contribution >= 4 is 10.0 Å². The van der Waals surface area contributed by atoms with Crippen molar-refractivity contribution in [3.05, 3.63) is 35.4 Å². The van der Waals surface area contributed by atoms with Crippen LogP contribution in [0.25, 0.3) is 0 Å². The molecule has 0 unspecified atom stereocenters. The molecule has 0 aliphatic carbocycles. The molecule has 0 heterocycles. The zero-order chi connectivity index (χ0) is 15.7. The molecule has 0 aliphatic rings. The maximum absolute atomic E-state index is 11.9. The summed E-state index contributed by atoms with van der Waals surface area (Å²) in [4.78, 5) is 0. The molecule has 0 aromatic heterocycles. The highest BCUT2D eigenvalue weighted by Gasteiger charge is 2.09. The Balaban J connectivity index is 2.35. The van der Waals surface area contributed by atoms with Crippen LogP contribution in [0.3, 0.4) is 0 Å². The highest BCUT2D eigenvalue weighted by Crippen LogP contribution is 2.14. The number of hydrogen-bond acceptors (Lipinski definition) is 3. The molecular formula is C16H28N2O2S. The number of nitrogens with one attached hydrogen (secondary N) is 2. The molecule has 1 aromatic rings. The Morgan fingerprint density at radius 1 is 1.10 bits per heavy atom. The first-order valence-corrected chi connectivity index (χ1v) is 9.36. The Kier molecular flexibility index (Phi) is 7.93. The molecule has 0 amide bonds. The second-order valence-electron chi connectivity index (χ2n) is 5.60. The van der Waals surface area contributed by atoms with Crippen LogP contribution in [-0.4, -0.2) is 27.3 Å². The van der Waals surface area contributed by atoms with E-state index in [2.05, 4.69) is 36.0 Å². The van der Waals surface area contributed by atoms with Crippen LogP contribution in [0.5, 0.6) is 0 Å². The van der Waals surface area contributed by atoms with Crippen molar-refractivity contribution in [3.63, 3.8) is 0 Å². The molecule has 0 atom stereocenters. The van der Waals surface area contributed by atoms with Gasteiger partial charge in [-0.2, -0.15) is 0 Å². The van der Waals surface area contributed by atoms with E-state index in [1.54, 1.807) is 0 Å². The average Bonchev–Trinajstić information content (AvgIpc) is 2.45. The van der Waals surface area contributed by atoms with Gasteiger partial charge in [0.05, 0.1) is 5.75 Å². The molecule has 120 valence electrons. The topological polar surface area (TPSA) is 58.2 Å². The van der Waals surface area contributed by atoms with E-state index in [0.717, 1.165) is 25.1 Å². The summed E-state index contributed by atoms with van der Waals surface area (Å²) in [5, 5.41) is 3.19. The summed E-state index contributed by atoms with van der Waals surface area (Å²) < 4.78 is 26.4. The van der Waals surface area contributed by atoms with E-state index >= 15 is 0 Å². The molecule has 1 aromatic carbocycles. The zero-order valence-corrected chi connectivity index (χ0v) is 14.2. The third-order valence-electron chi connectivity index (χ3n) is 3.41. The average molecular weight is 312 g/mol. The minimum Gasteiger partial charge on any atom is -0.317 e. The third kappa shape index (κ3) is 7.60. The summed E-state index contributed by atoms with van der Waals surface area (Å²) in [5.74, 6) is 0.690. The van der Waals surface area contributed by atoms with Crippen molar-refractivity contribution in [1.82, 2.24) is 10.0 Å². The van der Waals surface area contributed by atoms with Gasteiger partial charge in [-0.25, -0.2) is 13.1 Å². The Bertz CT molecular complexity index is 496. The van der Waals surface area contributed by atoms with Gasteiger partial charge < -0.3 is 5.32 Å². The molecule has 0 spiro atoms. The smallest absolute Gasteiger partial charge is 0.211 e. The summed E-state index contributed by atoms with van der Waals surface area (Å²) in [6, 6.07) is 8.10. The third-order valence-corrected chi connectivity index (χ3v) is 4.82. The van der Waals surface area contributed by atoms with E-state index < -0.39 is 10.0 Å². The fourth-order valence-electron chi connectivity index (χ4n) is 2.00. The summed E-state index contributed by atoms with van der Waals surface area (Å²) in [7, 11) is -3.17. The van der Waals surface area contributed by atoms with E-state index in [1.807, 2.05) is 19.1 Å². The number of benzene rings is 1. The SMILES string of the molecule is CCNCCCCS(=O)(=O)NCc1ccc(C(C)C)cc1. The van der Waals surface area contributed by atoms with Crippen molar-refractivity contribution in [2.75, 3.05) is 18.8 Å². The van der Waals surface area contributed by atoms with Crippen molar-refractivity contribution in [2.24, 2.45) is 0 Å². The van der Waals surface area contributed by atoms with Crippen LogP contribution in [0.15, 0.2) is 24.3 Å². The first-order chi connectivity index (χ1) is 9.94. The molecule has 0 radical (unpaired) electrons. The molecule has 0 fully saturated rings. The predicted octanol–water partition coefficient (Wildman–Crippen LogP) is 2.62. The Morgan fingerprint density at radius 2 is 1.76 bits per heavy atom. The molecule has 0 bridgehead atoms. The van der Waals surface area contributed by atoms with Gasteiger partial charge in [0, 0.05) is 6.54 Å². The predicted molar refractivity (Wildman–Crippen MR) is 88.9 cm³/mol. The Labute approximate surface area is 129 Å². The maximum atomic E-state index is 11.9. The van der Waals surface area contributed by atoms with Gasteiger partial charge in [0.1, 0.15) is 0 Å². The first kappa shape index (κ1) is 18.1. The summed E-state index contributed by atoms with van der Waals surface area (Å²) in [6.07, 6.45) is 1.58. The monoisotopic (exact) mass is 312 g/mol. The fraction of sp³-hybridized carbons (Fsp3) is 0.625. The van der Waals surface area contributed by atoms with Gasteiger partial charge >= 0.3 is 0 Å². The van der Waals surface area contributed by atoms with Gasteiger partial charge in [-0.05, 0) is 43.0 Å². The molecule has 4 nitrogen and oxygen atoms in total. The minimum absolute atomic E-state index is 0.197.